The molecular weight excluding hydrogens is 388 g/mol. The van der Waals surface area contributed by atoms with Crippen molar-refractivity contribution < 1.29 is 8.42 Å². The van der Waals surface area contributed by atoms with Crippen LogP contribution in [0.2, 0.25) is 0 Å². The Kier molecular flexibility index (Phi) is 6.56. The zero-order chi connectivity index (χ0) is 20.3. The highest BCUT2D eigenvalue weighted by Gasteiger charge is 2.33. The number of piperidine rings is 1. The molecule has 9 heteroatoms. The van der Waals surface area contributed by atoms with Crippen molar-refractivity contribution in [3.8, 4) is 0 Å². The van der Waals surface area contributed by atoms with Crippen LogP contribution in [0.1, 0.15) is 44.9 Å². The van der Waals surface area contributed by atoms with Gasteiger partial charge in [0, 0.05) is 57.5 Å². The molecule has 3 aliphatic heterocycles. The zero-order valence-corrected chi connectivity index (χ0v) is 18.3. The summed E-state index contributed by atoms with van der Waals surface area (Å²) in [4.78, 5) is 14.0. The molecule has 4 heterocycles. The predicted molar refractivity (Wildman–Crippen MR) is 116 cm³/mol. The number of hydrogen-bond donors (Lipinski definition) is 1. The Morgan fingerprint density at radius 2 is 1.79 bits per heavy atom. The summed E-state index contributed by atoms with van der Waals surface area (Å²) < 4.78 is 25.5. The molecule has 3 aliphatic rings. The molecule has 29 heavy (non-hydrogen) atoms. The molecule has 4 rings (SSSR count). The van der Waals surface area contributed by atoms with E-state index in [1.54, 1.807) is 4.31 Å². The Hall–Kier alpha value is -1.45. The normalized spacial score (nSPS) is 27.7. The molecule has 162 valence electrons. The number of hydrogen-bond acceptors (Lipinski definition) is 7. The number of sulfonamides is 1. The first-order valence-corrected chi connectivity index (χ1v) is 12.9. The van der Waals surface area contributed by atoms with Crippen LogP contribution in [0.25, 0.3) is 0 Å². The molecule has 0 amide bonds. The lowest BCUT2D eigenvalue weighted by molar-refractivity contribution is 0.162. The molecule has 0 bridgehead atoms. The van der Waals surface area contributed by atoms with E-state index in [-0.39, 0.29) is 0 Å². The van der Waals surface area contributed by atoms with E-state index in [4.69, 9.17) is 4.98 Å². The van der Waals surface area contributed by atoms with Gasteiger partial charge in [0.2, 0.25) is 16.0 Å². The molecule has 0 saturated carbocycles. The fourth-order valence-corrected chi connectivity index (χ4v) is 5.74. The van der Waals surface area contributed by atoms with Crippen molar-refractivity contribution in [1.82, 2.24) is 19.2 Å². The van der Waals surface area contributed by atoms with Crippen LogP contribution < -0.4 is 10.2 Å². The van der Waals surface area contributed by atoms with Gasteiger partial charge in [0.05, 0.1) is 6.26 Å². The molecule has 2 unspecified atom stereocenters. The van der Waals surface area contributed by atoms with E-state index >= 15 is 0 Å². The maximum absolute atomic E-state index is 11.9. The second-order valence-electron chi connectivity index (χ2n) is 8.68. The van der Waals surface area contributed by atoms with Gasteiger partial charge >= 0.3 is 0 Å². The molecule has 0 radical (unpaired) electrons. The van der Waals surface area contributed by atoms with Crippen molar-refractivity contribution >= 4 is 21.8 Å². The van der Waals surface area contributed by atoms with Crippen LogP contribution in [0.3, 0.4) is 0 Å². The molecule has 1 aromatic heterocycles. The Labute approximate surface area is 174 Å². The van der Waals surface area contributed by atoms with Gasteiger partial charge in [-0.15, -0.1) is 0 Å². The van der Waals surface area contributed by atoms with E-state index < -0.39 is 10.0 Å². The maximum atomic E-state index is 11.9. The lowest BCUT2D eigenvalue weighted by Crippen LogP contribution is -2.49. The Bertz CT molecular complexity index is 781. The Morgan fingerprint density at radius 1 is 1.00 bits per heavy atom. The van der Waals surface area contributed by atoms with Crippen LogP contribution >= 0.6 is 0 Å². The SMILES string of the molecule is CS(=O)(=O)N1CCCC(N2CCC(Nc3nccc(N4CCCCCC4)n3)C2)C1. The monoisotopic (exact) mass is 422 g/mol. The van der Waals surface area contributed by atoms with Crippen molar-refractivity contribution in [2.45, 2.75) is 57.0 Å². The fourth-order valence-electron chi connectivity index (χ4n) is 4.83. The van der Waals surface area contributed by atoms with Gasteiger partial charge in [-0.25, -0.2) is 17.7 Å². The van der Waals surface area contributed by atoms with Crippen LogP contribution in [0, 0.1) is 0 Å². The summed E-state index contributed by atoms with van der Waals surface area (Å²) in [6.07, 6.45) is 11.3. The molecule has 3 fully saturated rings. The minimum atomic E-state index is -3.10. The van der Waals surface area contributed by atoms with Gasteiger partial charge in [0.15, 0.2) is 0 Å². The maximum Gasteiger partial charge on any atom is 0.224 e. The van der Waals surface area contributed by atoms with Crippen molar-refractivity contribution in [3.63, 3.8) is 0 Å². The van der Waals surface area contributed by atoms with Gasteiger partial charge in [-0.3, -0.25) is 4.90 Å². The average molecular weight is 423 g/mol. The van der Waals surface area contributed by atoms with Gasteiger partial charge in [0.25, 0.3) is 0 Å². The van der Waals surface area contributed by atoms with E-state index in [1.165, 1.54) is 31.9 Å². The zero-order valence-electron chi connectivity index (χ0n) is 17.5. The number of aromatic nitrogens is 2. The van der Waals surface area contributed by atoms with Crippen molar-refractivity contribution in [2.24, 2.45) is 0 Å². The first-order chi connectivity index (χ1) is 14.0. The van der Waals surface area contributed by atoms with E-state index in [2.05, 4.69) is 20.1 Å². The number of anilines is 2. The molecule has 1 N–H and O–H groups in total. The first kappa shape index (κ1) is 20.8. The fraction of sp³-hybridized carbons (Fsp3) is 0.800. The van der Waals surface area contributed by atoms with E-state index in [0.717, 1.165) is 51.3 Å². The summed E-state index contributed by atoms with van der Waals surface area (Å²) in [5.74, 6) is 1.73. The predicted octanol–water partition coefficient (Wildman–Crippen LogP) is 1.77. The summed E-state index contributed by atoms with van der Waals surface area (Å²) in [7, 11) is -3.10. The summed E-state index contributed by atoms with van der Waals surface area (Å²) >= 11 is 0. The third kappa shape index (κ3) is 5.38. The van der Waals surface area contributed by atoms with Gasteiger partial charge in [-0.05, 0) is 38.2 Å². The molecule has 0 aliphatic carbocycles. The summed E-state index contributed by atoms with van der Waals surface area (Å²) in [5, 5.41) is 3.52. The number of nitrogens with zero attached hydrogens (tertiary/aromatic N) is 5. The molecule has 0 aromatic carbocycles. The number of likely N-dealkylation sites (tertiary alicyclic amines) is 1. The van der Waals surface area contributed by atoms with E-state index in [0.29, 0.717) is 31.1 Å². The highest BCUT2D eigenvalue weighted by atomic mass is 32.2. The second-order valence-corrected chi connectivity index (χ2v) is 10.7. The van der Waals surface area contributed by atoms with Crippen LogP contribution in [-0.4, -0.2) is 85.2 Å². The topological polar surface area (TPSA) is 81.7 Å². The van der Waals surface area contributed by atoms with Crippen LogP contribution in [0.4, 0.5) is 11.8 Å². The molecule has 2 atom stereocenters. The molecule has 3 saturated heterocycles. The highest BCUT2D eigenvalue weighted by molar-refractivity contribution is 7.88. The molecule has 8 nitrogen and oxygen atoms in total. The number of nitrogens with one attached hydrogen (secondary N) is 1. The lowest BCUT2D eigenvalue weighted by Gasteiger charge is -2.36. The molecule has 1 aromatic rings. The van der Waals surface area contributed by atoms with Gasteiger partial charge in [-0.1, -0.05) is 12.8 Å². The average Bonchev–Trinajstić information content (AvgIpc) is 3.00. The largest absolute Gasteiger partial charge is 0.356 e. The molecular formula is C20H34N6O2S. The van der Waals surface area contributed by atoms with Crippen molar-refractivity contribution in [1.29, 1.82) is 0 Å². The summed E-state index contributed by atoms with van der Waals surface area (Å²) in [5.41, 5.74) is 0. The standard InChI is InChI=1S/C20H34N6O2S/c1-29(27,28)26-13-6-7-18(16-26)25-14-9-17(15-25)22-20-21-10-8-19(23-20)24-11-4-2-3-5-12-24/h8,10,17-18H,2-7,9,11-16H2,1H3,(H,21,22,23). The Balaban J connectivity index is 1.34. The van der Waals surface area contributed by atoms with Crippen molar-refractivity contribution in [3.05, 3.63) is 12.3 Å². The quantitative estimate of drug-likeness (QED) is 0.774. The highest BCUT2D eigenvalue weighted by Crippen LogP contribution is 2.24. The lowest BCUT2D eigenvalue weighted by atomic mass is 10.1. The van der Waals surface area contributed by atoms with Gasteiger partial charge in [0.1, 0.15) is 5.82 Å². The first-order valence-electron chi connectivity index (χ1n) is 11.0. The molecule has 0 spiro atoms. The third-order valence-electron chi connectivity index (χ3n) is 6.47. The minimum absolute atomic E-state index is 0.308. The second kappa shape index (κ2) is 9.14. The smallest absolute Gasteiger partial charge is 0.224 e. The van der Waals surface area contributed by atoms with Crippen LogP contribution in [-0.2, 0) is 10.0 Å². The van der Waals surface area contributed by atoms with Gasteiger partial charge in [-0.2, -0.15) is 4.98 Å². The minimum Gasteiger partial charge on any atom is -0.356 e. The number of rotatable bonds is 5. The Morgan fingerprint density at radius 3 is 2.55 bits per heavy atom. The van der Waals surface area contributed by atoms with Crippen molar-refractivity contribution in [2.75, 3.05) is 55.7 Å². The van der Waals surface area contributed by atoms with Crippen LogP contribution in [0.15, 0.2) is 12.3 Å². The van der Waals surface area contributed by atoms with E-state index in [1.807, 2.05) is 12.3 Å². The van der Waals surface area contributed by atoms with Gasteiger partial charge < -0.3 is 10.2 Å². The summed E-state index contributed by atoms with van der Waals surface area (Å²) in [6.45, 7) is 5.33. The van der Waals surface area contributed by atoms with Crippen LogP contribution in [0.5, 0.6) is 0 Å². The summed E-state index contributed by atoms with van der Waals surface area (Å²) in [6, 6.07) is 2.64. The third-order valence-corrected chi connectivity index (χ3v) is 7.74. The van der Waals surface area contributed by atoms with E-state index in [9.17, 15) is 8.42 Å².